The molecule has 2 rings (SSSR count). The second-order valence-electron chi connectivity index (χ2n) is 3.57. The molecule has 0 aliphatic rings. The molecule has 1 aromatic heterocycles. The van der Waals surface area contributed by atoms with Crippen LogP contribution in [0, 0.1) is 6.92 Å². The number of H-pyrrole nitrogens is 1. The number of hydrogen-bond donors (Lipinski definition) is 3. The Bertz CT molecular complexity index is 620. The number of rotatable bonds is 3. The summed E-state index contributed by atoms with van der Waals surface area (Å²) in [4.78, 5) is 6.65. The maximum Gasteiger partial charge on any atom is 0.264 e. The lowest BCUT2D eigenvalue weighted by Gasteiger charge is -2.08. The summed E-state index contributed by atoms with van der Waals surface area (Å²) in [6, 6.07) is 4.62. The van der Waals surface area contributed by atoms with Crippen molar-refractivity contribution in [2.45, 2.75) is 11.8 Å². The monoisotopic (exact) mass is 252 g/mol. The Labute approximate surface area is 98.9 Å². The Morgan fingerprint density at radius 1 is 1.41 bits per heavy atom. The van der Waals surface area contributed by atoms with Gasteiger partial charge in [-0.25, -0.2) is 18.1 Å². The average molecular weight is 252 g/mol. The number of aromatic amines is 1. The molecule has 7 heteroatoms. The zero-order valence-electron chi connectivity index (χ0n) is 9.14. The minimum Gasteiger partial charge on any atom is -0.399 e. The van der Waals surface area contributed by atoms with Crippen molar-refractivity contribution in [2.75, 3.05) is 10.5 Å². The highest BCUT2D eigenvalue weighted by molar-refractivity contribution is 7.92. The topological polar surface area (TPSA) is 101 Å². The number of anilines is 2. The van der Waals surface area contributed by atoms with Gasteiger partial charge in [0, 0.05) is 18.1 Å². The van der Waals surface area contributed by atoms with Crippen molar-refractivity contribution < 1.29 is 8.42 Å². The summed E-state index contributed by atoms with van der Waals surface area (Å²) in [5, 5.41) is 0. The highest BCUT2D eigenvalue weighted by atomic mass is 32.2. The fourth-order valence-electron chi connectivity index (χ4n) is 1.48. The van der Waals surface area contributed by atoms with E-state index in [4.69, 9.17) is 5.73 Å². The summed E-state index contributed by atoms with van der Waals surface area (Å²) in [6.07, 6.45) is 3.00. The Morgan fingerprint density at radius 3 is 2.76 bits per heavy atom. The lowest BCUT2D eigenvalue weighted by molar-refractivity contribution is 0.600. The molecule has 90 valence electrons. The molecule has 0 saturated carbocycles. The van der Waals surface area contributed by atoms with E-state index < -0.39 is 10.0 Å². The molecule has 0 atom stereocenters. The van der Waals surface area contributed by atoms with Gasteiger partial charge in [-0.3, -0.25) is 0 Å². The van der Waals surface area contributed by atoms with E-state index in [0.29, 0.717) is 11.3 Å². The Morgan fingerprint density at radius 2 is 2.18 bits per heavy atom. The van der Waals surface area contributed by atoms with Crippen molar-refractivity contribution in [1.82, 2.24) is 9.97 Å². The van der Waals surface area contributed by atoms with Gasteiger partial charge in [-0.2, -0.15) is 0 Å². The fraction of sp³-hybridized carbons (Fsp3) is 0.100. The molecule has 0 fully saturated rings. The van der Waals surface area contributed by atoms with E-state index in [1.807, 2.05) is 0 Å². The molecule has 0 spiro atoms. The molecular weight excluding hydrogens is 240 g/mol. The van der Waals surface area contributed by atoms with Gasteiger partial charge < -0.3 is 10.7 Å². The number of imidazole rings is 1. The number of aryl methyl sites for hydroxylation is 1. The second kappa shape index (κ2) is 4.10. The van der Waals surface area contributed by atoms with Gasteiger partial charge in [0.25, 0.3) is 10.0 Å². The average Bonchev–Trinajstić information content (AvgIpc) is 2.68. The molecule has 6 nitrogen and oxygen atoms in total. The standard InChI is InChI=1S/C10H12N4O2S/c1-7-6-8(11)2-3-9(7)17(15,16)14-10-12-4-5-13-10/h2-6H,11H2,1H3,(H2,12,13,14). The quantitative estimate of drug-likeness (QED) is 0.712. The first-order valence-corrected chi connectivity index (χ1v) is 6.36. The smallest absolute Gasteiger partial charge is 0.264 e. The summed E-state index contributed by atoms with van der Waals surface area (Å²) in [5.41, 5.74) is 6.69. The summed E-state index contributed by atoms with van der Waals surface area (Å²) < 4.78 is 26.4. The van der Waals surface area contributed by atoms with Crippen molar-refractivity contribution in [3.63, 3.8) is 0 Å². The molecule has 0 saturated heterocycles. The zero-order chi connectivity index (χ0) is 12.5. The van der Waals surface area contributed by atoms with E-state index in [1.165, 1.54) is 18.5 Å². The van der Waals surface area contributed by atoms with Crippen LogP contribution < -0.4 is 10.5 Å². The third-order valence-electron chi connectivity index (χ3n) is 2.22. The van der Waals surface area contributed by atoms with Crippen molar-refractivity contribution >= 4 is 21.7 Å². The van der Waals surface area contributed by atoms with E-state index in [9.17, 15) is 8.42 Å². The molecule has 0 bridgehead atoms. The minimum atomic E-state index is -3.63. The first kappa shape index (κ1) is 11.5. The van der Waals surface area contributed by atoms with Gasteiger partial charge in [-0.05, 0) is 30.7 Å². The fourth-order valence-corrected chi connectivity index (χ4v) is 2.68. The van der Waals surface area contributed by atoms with Gasteiger partial charge in [0.15, 0.2) is 0 Å². The molecule has 0 unspecified atom stereocenters. The van der Waals surface area contributed by atoms with Crippen molar-refractivity contribution in [1.29, 1.82) is 0 Å². The summed E-state index contributed by atoms with van der Waals surface area (Å²) in [7, 11) is -3.63. The van der Waals surface area contributed by atoms with E-state index in [0.717, 1.165) is 0 Å². The molecule has 1 aromatic carbocycles. The van der Waals surface area contributed by atoms with Crippen molar-refractivity contribution in [2.24, 2.45) is 0 Å². The maximum absolute atomic E-state index is 12.0. The molecule has 0 aliphatic heterocycles. The highest BCUT2D eigenvalue weighted by Crippen LogP contribution is 2.19. The van der Waals surface area contributed by atoms with Gasteiger partial charge in [0.05, 0.1) is 4.90 Å². The molecule has 1 heterocycles. The van der Waals surface area contributed by atoms with Crippen LogP contribution in [0.15, 0.2) is 35.5 Å². The number of nitrogens with two attached hydrogens (primary N) is 1. The lowest BCUT2D eigenvalue weighted by Crippen LogP contribution is -2.15. The Hall–Kier alpha value is -2.02. The molecule has 2 aromatic rings. The predicted molar refractivity (Wildman–Crippen MR) is 65.0 cm³/mol. The summed E-state index contributed by atoms with van der Waals surface area (Å²) in [6.45, 7) is 1.69. The second-order valence-corrected chi connectivity index (χ2v) is 5.22. The predicted octanol–water partition coefficient (Wildman–Crippen LogP) is 1.10. The van der Waals surface area contributed by atoms with E-state index >= 15 is 0 Å². The number of nitrogens with one attached hydrogen (secondary N) is 2. The van der Waals surface area contributed by atoms with Crippen LogP contribution in [0.1, 0.15) is 5.56 Å². The van der Waals surface area contributed by atoms with Gasteiger partial charge in [-0.1, -0.05) is 0 Å². The zero-order valence-corrected chi connectivity index (χ0v) is 9.95. The van der Waals surface area contributed by atoms with E-state index in [2.05, 4.69) is 14.7 Å². The van der Waals surface area contributed by atoms with E-state index in [-0.39, 0.29) is 10.8 Å². The first-order chi connectivity index (χ1) is 7.99. The van der Waals surface area contributed by atoms with Crippen molar-refractivity contribution in [3.05, 3.63) is 36.2 Å². The number of hydrogen-bond acceptors (Lipinski definition) is 4. The van der Waals surface area contributed by atoms with Crippen LogP contribution in [0.5, 0.6) is 0 Å². The van der Waals surface area contributed by atoms with Gasteiger partial charge >= 0.3 is 0 Å². The number of sulfonamides is 1. The number of benzene rings is 1. The third kappa shape index (κ3) is 2.39. The molecule has 0 aliphatic carbocycles. The van der Waals surface area contributed by atoms with Crippen LogP contribution in [0.25, 0.3) is 0 Å². The highest BCUT2D eigenvalue weighted by Gasteiger charge is 2.17. The van der Waals surface area contributed by atoms with Crippen molar-refractivity contribution in [3.8, 4) is 0 Å². The van der Waals surface area contributed by atoms with Crippen LogP contribution in [-0.4, -0.2) is 18.4 Å². The van der Waals surface area contributed by atoms with Crippen LogP contribution in [0.3, 0.4) is 0 Å². The largest absolute Gasteiger partial charge is 0.399 e. The maximum atomic E-state index is 12.0. The third-order valence-corrected chi connectivity index (χ3v) is 3.72. The lowest BCUT2D eigenvalue weighted by atomic mass is 10.2. The van der Waals surface area contributed by atoms with Gasteiger partial charge in [-0.15, -0.1) is 0 Å². The molecular formula is C10H12N4O2S. The summed E-state index contributed by atoms with van der Waals surface area (Å²) >= 11 is 0. The number of aromatic nitrogens is 2. The van der Waals surface area contributed by atoms with Gasteiger partial charge in [0.1, 0.15) is 0 Å². The SMILES string of the molecule is Cc1cc(N)ccc1S(=O)(=O)Nc1ncc[nH]1. The normalized spacial score (nSPS) is 11.4. The van der Waals surface area contributed by atoms with Gasteiger partial charge in [0.2, 0.25) is 5.95 Å². The van der Waals surface area contributed by atoms with E-state index in [1.54, 1.807) is 19.1 Å². The molecule has 0 amide bonds. The first-order valence-electron chi connectivity index (χ1n) is 4.87. The number of nitrogens with zero attached hydrogens (tertiary/aromatic N) is 1. The minimum absolute atomic E-state index is 0.182. The number of nitrogen functional groups attached to an aromatic ring is 1. The van der Waals surface area contributed by atoms with Crippen LogP contribution >= 0.6 is 0 Å². The van der Waals surface area contributed by atoms with Crippen LogP contribution in [0.2, 0.25) is 0 Å². The Kier molecular flexibility index (Phi) is 2.76. The summed E-state index contributed by atoms with van der Waals surface area (Å²) in [5.74, 6) is 0.182. The molecule has 4 N–H and O–H groups in total. The van der Waals surface area contributed by atoms with Crippen LogP contribution in [-0.2, 0) is 10.0 Å². The Balaban J connectivity index is 2.38. The molecule has 17 heavy (non-hydrogen) atoms. The molecule has 0 radical (unpaired) electrons. The van der Waals surface area contributed by atoms with Crippen LogP contribution in [0.4, 0.5) is 11.6 Å².